The zero-order valence-corrected chi connectivity index (χ0v) is 18.3. The Morgan fingerprint density at radius 1 is 1.32 bits per heavy atom. The summed E-state index contributed by atoms with van der Waals surface area (Å²) in [5.74, 6) is 0.550. The second kappa shape index (κ2) is 8.36. The van der Waals surface area contributed by atoms with Gasteiger partial charge in [-0.2, -0.15) is 0 Å². The van der Waals surface area contributed by atoms with Crippen molar-refractivity contribution in [1.82, 2.24) is 24.8 Å². The highest BCUT2D eigenvalue weighted by atomic mass is 32.1. The molecule has 1 fully saturated rings. The number of hydrogen-bond donors (Lipinski definition) is 1. The van der Waals surface area contributed by atoms with Gasteiger partial charge in [-0.25, -0.2) is 4.98 Å². The smallest absolute Gasteiger partial charge is 0.256 e. The van der Waals surface area contributed by atoms with Crippen LogP contribution in [0.25, 0.3) is 0 Å². The van der Waals surface area contributed by atoms with Crippen molar-refractivity contribution in [2.45, 2.75) is 45.3 Å². The van der Waals surface area contributed by atoms with Crippen LogP contribution in [0.4, 0.5) is 0 Å². The van der Waals surface area contributed by atoms with E-state index in [1.807, 2.05) is 4.90 Å². The fourth-order valence-electron chi connectivity index (χ4n) is 4.51. The number of thiophene rings is 1. The number of aryl methyl sites for hydroxylation is 1. The van der Waals surface area contributed by atoms with Gasteiger partial charge in [0.05, 0.1) is 22.9 Å². The Kier molecular flexibility index (Phi) is 5.41. The number of amides is 1. The molecule has 0 spiro atoms. The molecule has 0 radical (unpaired) electrons. The quantitative estimate of drug-likeness (QED) is 0.681. The molecule has 160 valence electrons. The van der Waals surface area contributed by atoms with E-state index in [0.717, 1.165) is 43.6 Å². The van der Waals surface area contributed by atoms with Crippen LogP contribution in [0.5, 0.6) is 0 Å². The Morgan fingerprint density at radius 3 is 3.00 bits per heavy atom. The molecule has 1 atom stereocenters. The van der Waals surface area contributed by atoms with Crippen LogP contribution in [0, 0.1) is 6.92 Å². The summed E-state index contributed by atoms with van der Waals surface area (Å²) in [6, 6.07) is 5.48. The zero-order chi connectivity index (χ0) is 21.4. The first kappa shape index (κ1) is 20.1. The molecular weight excluding hydrogens is 410 g/mol. The Labute approximate surface area is 184 Å². The number of H-pyrrole nitrogens is 1. The van der Waals surface area contributed by atoms with E-state index in [1.54, 1.807) is 35.9 Å². The van der Waals surface area contributed by atoms with E-state index in [1.165, 1.54) is 10.4 Å². The molecular formula is C23H25N5O2S. The molecule has 1 unspecified atom stereocenters. The van der Waals surface area contributed by atoms with Gasteiger partial charge in [0.1, 0.15) is 5.82 Å². The summed E-state index contributed by atoms with van der Waals surface area (Å²) < 4.78 is 0. The molecule has 0 aromatic carbocycles. The number of rotatable bonds is 4. The predicted molar refractivity (Wildman–Crippen MR) is 119 cm³/mol. The Balaban J connectivity index is 1.37. The molecule has 3 aromatic rings. The molecule has 5 heterocycles. The van der Waals surface area contributed by atoms with Crippen molar-refractivity contribution in [3.05, 3.63) is 79.4 Å². The molecule has 5 rings (SSSR count). The minimum absolute atomic E-state index is 0.0616. The van der Waals surface area contributed by atoms with E-state index in [2.05, 4.69) is 33.2 Å². The fourth-order valence-corrected chi connectivity index (χ4v) is 5.46. The second-order valence-corrected chi connectivity index (χ2v) is 9.26. The lowest BCUT2D eigenvalue weighted by Crippen LogP contribution is -2.37. The van der Waals surface area contributed by atoms with Gasteiger partial charge < -0.3 is 9.88 Å². The monoisotopic (exact) mass is 435 g/mol. The SMILES string of the molecule is Cc1ccsc1CN1CCc2nc(C3CCCN3C(=O)c3cccnc3)[nH]c(=O)c2C1. The maximum atomic E-state index is 13.0. The van der Waals surface area contributed by atoms with E-state index >= 15 is 0 Å². The number of carbonyl (C=O) groups excluding carboxylic acids is 1. The van der Waals surface area contributed by atoms with Gasteiger partial charge in [-0.15, -0.1) is 11.3 Å². The van der Waals surface area contributed by atoms with Crippen molar-refractivity contribution < 1.29 is 4.79 Å². The first-order valence-electron chi connectivity index (χ1n) is 10.7. The summed E-state index contributed by atoms with van der Waals surface area (Å²) in [6.45, 7) is 5.14. The molecule has 2 aliphatic heterocycles. The summed E-state index contributed by atoms with van der Waals surface area (Å²) >= 11 is 1.76. The summed E-state index contributed by atoms with van der Waals surface area (Å²) in [4.78, 5) is 43.3. The first-order chi connectivity index (χ1) is 15.1. The van der Waals surface area contributed by atoms with Gasteiger partial charge in [-0.1, -0.05) is 0 Å². The summed E-state index contributed by atoms with van der Waals surface area (Å²) in [5, 5.41) is 2.11. The average Bonchev–Trinajstić information content (AvgIpc) is 3.43. The Bertz CT molecular complexity index is 1160. The van der Waals surface area contributed by atoms with Gasteiger partial charge >= 0.3 is 0 Å². The van der Waals surface area contributed by atoms with Gasteiger partial charge in [0, 0.05) is 49.9 Å². The number of carbonyl (C=O) groups is 1. The van der Waals surface area contributed by atoms with Crippen molar-refractivity contribution in [2.24, 2.45) is 0 Å². The van der Waals surface area contributed by atoms with Crippen LogP contribution in [0.15, 0.2) is 40.8 Å². The van der Waals surface area contributed by atoms with Gasteiger partial charge in [0.15, 0.2) is 0 Å². The second-order valence-electron chi connectivity index (χ2n) is 8.26. The number of pyridine rings is 1. The third-order valence-corrected chi connectivity index (χ3v) is 7.25. The van der Waals surface area contributed by atoms with E-state index in [4.69, 9.17) is 4.98 Å². The van der Waals surface area contributed by atoms with Gasteiger partial charge in [-0.3, -0.25) is 19.5 Å². The lowest BCUT2D eigenvalue weighted by molar-refractivity contribution is 0.0728. The maximum absolute atomic E-state index is 13.0. The van der Waals surface area contributed by atoms with Crippen molar-refractivity contribution in [2.75, 3.05) is 13.1 Å². The fraction of sp³-hybridized carbons (Fsp3) is 0.391. The van der Waals surface area contributed by atoms with Crippen LogP contribution in [0.1, 0.15) is 56.8 Å². The third kappa shape index (κ3) is 3.93. The molecule has 31 heavy (non-hydrogen) atoms. The molecule has 0 aliphatic carbocycles. The summed E-state index contributed by atoms with van der Waals surface area (Å²) in [6.07, 6.45) is 5.69. The van der Waals surface area contributed by atoms with Gasteiger partial charge in [-0.05, 0) is 48.9 Å². The molecule has 2 aliphatic rings. The number of hydrogen-bond acceptors (Lipinski definition) is 6. The number of aromatic nitrogens is 3. The van der Waals surface area contributed by atoms with Crippen molar-refractivity contribution in [1.29, 1.82) is 0 Å². The number of nitrogens with zero attached hydrogens (tertiary/aromatic N) is 4. The lowest BCUT2D eigenvalue weighted by atomic mass is 10.1. The number of likely N-dealkylation sites (tertiary alicyclic amines) is 1. The highest BCUT2D eigenvalue weighted by Crippen LogP contribution is 2.31. The van der Waals surface area contributed by atoms with Crippen molar-refractivity contribution in [3.63, 3.8) is 0 Å². The minimum atomic E-state index is -0.197. The molecule has 0 bridgehead atoms. The Morgan fingerprint density at radius 2 is 2.23 bits per heavy atom. The van der Waals surface area contributed by atoms with E-state index in [-0.39, 0.29) is 17.5 Å². The molecule has 7 nitrogen and oxygen atoms in total. The number of nitrogens with one attached hydrogen (secondary N) is 1. The van der Waals surface area contributed by atoms with Crippen LogP contribution >= 0.6 is 11.3 Å². The number of aromatic amines is 1. The average molecular weight is 436 g/mol. The van der Waals surface area contributed by atoms with E-state index < -0.39 is 0 Å². The minimum Gasteiger partial charge on any atom is -0.328 e. The van der Waals surface area contributed by atoms with E-state index in [0.29, 0.717) is 24.5 Å². The van der Waals surface area contributed by atoms with Crippen molar-refractivity contribution in [3.8, 4) is 0 Å². The van der Waals surface area contributed by atoms with Crippen LogP contribution < -0.4 is 5.56 Å². The van der Waals surface area contributed by atoms with Crippen LogP contribution in [-0.4, -0.2) is 43.7 Å². The van der Waals surface area contributed by atoms with Crippen molar-refractivity contribution >= 4 is 17.2 Å². The topological polar surface area (TPSA) is 82.2 Å². The summed E-state index contributed by atoms with van der Waals surface area (Å²) in [7, 11) is 0. The molecule has 3 aromatic heterocycles. The molecule has 1 N–H and O–H groups in total. The highest BCUT2D eigenvalue weighted by molar-refractivity contribution is 7.10. The number of fused-ring (bicyclic) bond motifs is 1. The van der Waals surface area contributed by atoms with Gasteiger partial charge in [0.25, 0.3) is 11.5 Å². The molecule has 0 saturated carbocycles. The molecule has 8 heteroatoms. The molecule has 1 amide bonds. The molecule has 1 saturated heterocycles. The zero-order valence-electron chi connectivity index (χ0n) is 17.5. The lowest BCUT2D eigenvalue weighted by Gasteiger charge is -2.29. The normalized spacial score (nSPS) is 18.9. The first-order valence-corrected chi connectivity index (χ1v) is 11.6. The van der Waals surface area contributed by atoms with E-state index in [9.17, 15) is 9.59 Å². The van der Waals surface area contributed by atoms with Gasteiger partial charge in [0.2, 0.25) is 0 Å². The highest BCUT2D eigenvalue weighted by Gasteiger charge is 2.33. The Hall–Kier alpha value is -2.84. The maximum Gasteiger partial charge on any atom is 0.256 e. The van der Waals surface area contributed by atoms with Crippen LogP contribution in [0.2, 0.25) is 0 Å². The largest absolute Gasteiger partial charge is 0.328 e. The summed E-state index contributed by atoms with van der Waals surface area (Å²) in [5.41, 5.74) is 3.42. The van der Waals surface area contributed by atoms with Crippen LogP contribution in [-0.2, 0) is 19.5 Å². The standard InChI is InChI=1S/C23H25N5O2S/c1-15-7-11-31-20(15)14-27-10-6-18-17(13-27)22(29)26-21(25-18)19-5-3-9-28(19)23(30)16-4-2-8-24-12-16/h2,4,7-8,11-12,19H,3,5-6,9-10,13-14H2,1H3,(H,25,26,29). The van der Waals surface area contributed by atoms with Crippen LogP contribution in [0.3, 0.4) is 0 Å². The predicted octanol–water partition coefficient (Wildman–Crippen LogP) is 3.07. The third-order valence-electron chi connectivity index (χ3n) is 6.24.